The molecule has 0 aromatic rings. The molecule has 1 fully saturated rings. The van der Waals surface area contributed by atoms with Crippen LogP contribution >= 0.6 is 0 Å². The lowest BCUT2D eigenvalue weighted by Gasteiger charge is -2.21. The van der Waals surface area contributed by atoms with Crippen LogP contribution in [0.4, 0.5) is 0 Å². The van der Waals surface area contributed by atoms with E-state index in [2.05, 4.69) is 13.5 Å². The summed E-state index contributed by atoms with van der Waals surface area (Å²) in [6, 6.07) is 2.84. The van der Waals surface area contributed by atoms with E-state index >= 15 is 0 Å². The number of hydrogen-bond acceptors (Lipinski definition) is 1. The average Bonchev–Trinajstić information content (AvgIpc) is 2.94. The molecule has 1 aliphatic heterocycles. The standard InChI is InChI=1S/C20H42OSi/c1-3-4-5-6-7-8-9-10-11-12-13-14-15-18-21-22(2)19-16-17-20-22/h3-20H2,1-2H3. The molecule has 132 valence electrons. The van der Waals surface area contributed by atoms with Gasteiger partial charge in [-0.2, -0.15) is 0 Å². The molecular weight excluding hydrogens is 284 g/mol. The molecule has 1 saturated heterocycles. The van der Waals surface area contributed by atoms with Crippen LogP contribution < -0.4 is 0 Å². The van der Waals surface area contributed by atoms with Crippen molar-refractivity contribution in [2.75, 3.05) is 6.61 Å². The monoisotopic (exact) mass is 326 g/mol. The van der Waals surface area contributed by atoms with E-state index in [1.54, 1.807) is 0 Å². The van der Waals surface area contributed by atoms with Gasteiger partial charge < -0.3 is 4.43 Å². The molecule has 0 amide bonds. The van der Waals surface area contributed by atoms with Gasteiger partial charge in [0.05, 0.1) is 0 Å². The first kappa shape index (κ1) is 20.2. The Kier molecular flexibility index (Phi) is 12.5. The Bertz CT molecular complexity index is 236. The molecule has 0 aromatic carbocycles. The Labute approximate surface area is 141 Å². The molecule has 0 N–H and O–H groups in total. The van der Waals surface area contributed by atoms with Crippen LogP contribution in [0.25, 0.3) is 0 Å². The van der Waals surface area contributed by atoms with Crippen molar-refractivity contribution in [1.29, 1.82) is 0 Å². The van der Waals surface area contributed by atoms with Crippen LogP contribution in [-0.4, -0.2) is 14.9 Å². The third-order valence-electron chi connectivity index (χ3n) is 5.36. The average molecular weight is 327 g/mol. The van der Waals surface area contributed by atoms with E-state index in [0.717, 1.165) is 6.61 Å². The van der Waals surface area contributed by atoms with E-state index in [4.69, 9.17) is 4.43 Å². The molecule has 1 aliphatic rings. The van der Waals surface area contributed by atoms with Crippen molar-refractivity contribution >= 4 is 8.32 Å². The largest absolute Gasteiger partial charge is 0.417 e. The Morgan fingerprint density at radius 2 is 1.05 bits per heavy atom. The molecule has 2 heteroatoms. The molecule has 0 unspecified atom stereocenters. The first-order valence-corrected chi connectivity index (χ1v) is 13.2. The molecule has 0 aromatic heterocycles. The van der Waals surface area contributed by atoms with Gasteiger partial charge in [-0.25, -0.2) is 0 Å². The molecule has 0 saturated carbocycles. The van der Waals surface area contributed by atoms with Gasteiger partial charge >= 0.3 is 0 Å². The lowest BCUT2D eigenvalue weighted by Crippen LogP contribution is -2.30. The fourth-order valence-corrected chi connectivity index (χ4v) is 6.88. The normalized spacial score (nSPS) is 17.2. The summed E-state index contributed by atoms with van der Waals surface area (Å²) in [5.41, 5.74) is 0. The summed E-state index contributed by atoms with van der Waals surface area (Å²) in [7, 11) is -1.19. The van der Waals surface area contributed by atoms with Gasteiger partial charge in [0, 0.05) is 6.61 Å². The van der Waals surface area contributed by atoms with E-state index in [-0.39, 0.29) is 0 Å². The van der Waals surface area contributed by atoms with Gasteiger partial charge in [0.15, 0.2) is 8.32 Å². The molecule has 0 radical (unpaired) electrons. The summed E-state index contributed by atoms with van der Waals surface area (Å²) >= 11 is 0. The van der Waals surface area contributed by atoms with E-state index < -0.39 is 8.32 Å². The molecule has 0 bridgehead atoms. The van der Waals surface area contributed by atoms with Crippen molar-refractivity contribution in [1.82, 2.24) is 0 Å². The van der Waals surface area contributed by atoms with Crippen molar-refractivity contribution in [3.05, 3.63) is 0 Å². The minimum Gasteiger partial charge on any atom is -0.417 e. The minimum atomic E-state index is -1.19. The number of unbranched alkanes of at least 4 members (excludes halogenated alkanes) is 12. The Balaban J connectivity index is 1.71. The molecule has 0 atom stereocenters. The maximum Gasteiger partial charge on any atom is 0.189 e. The molecule has 0 spiro atoms. The summed E-state index contributed by atoms with van der Waals surface area (Å²) in [5, 5.41) is 0. The van der Waals surface area contributed by atoms with E-state index in [0.29, 0.717) is 0 Å². The van der Waals surface area contributed by atoms with Crippen LogP contribution in [0.15, 0.2) is 0 Å². The summed E-state index contributed by atoms with van der Waals surface area (Å²) in [4.78, 5) is 0. The SMILES string of the molecule is CCCCCCCCCCCCCCCO[Si]1(C)CCCC1. The van der Waals surface area contributed by atoms with Crippen molar-refractivity contribution in [3.8, 4) is 0 Å². The Morgan fingerprint density at radius 1 is 0.636 bits per heavy atom. The zero-order valence-electron chi connectivity index (χ0n) is 15.6. The fourth-order valence-electron chi connectivity index (χ4n) is 3.71. The van der Waals surface area contributed by atoms with Crippen LogP contribution in [0.3, 0.4) is 0 Å². The maximum absolute atomic E-state index is 6.23. The third kappa shape index (κ3) is 10.8. The highest BCUT2D eigenvalue weighted by Crippen LogP contribution is 2.30. The van der Waals surface area contributed by atoms with Gasteiger partial charge in [0.25, 0.3) is 0 Å². The fraction of sp³-hybridized carbons (Fsp3) is 1.00. The van der Waals surface area contributed by atoms with Gasteiger partial charge in [0.1, 0.15) is 0 Å². The molecule has 1 nitrogen and oxygen atoms in total. The second-order valence-corrected chi connectivity index (χ2v) is 11.9. The molecule has 1 rings (SSSR count). The Hall–Kier alpha value is 0.177. The van der Waals surface area contributed by atoms with Crippen molar-refractivity contribution in [3.63, 3.8) is 0 Å². The summed E-state index contributed by atoms with van der Waals surface area (Å²) in [6.45, 7) is 5.80. The van der Waals surface area contributed by atoms with Crippen LogP contribution in [0, 0.1) is 0 Å². The van der Waals surface area contributed by atoms with Gasteiger partial charge in [0.2, 0.25) is 0 Å². The Morgan fingerprint density at radius 3 is 1.50 bits per heavy atom. The third-order valence-corrected chi connectivity index (χ3v) is 9.08. The van der Waals surface area contributed by atoms with Gasteiger partial charge in [-0.1, -0.05) is 96.8 Å². The predicted molar refractivity (Wildman–Crippen MR) is 102 cm³/mol. The van der Waals surface area contributed by atoms with Crippen molar-refractivity contribution in [2.24, 2.45) is 0 Å². The highest BCUT2D eigenvalue weighted by atomic mass is 28.4. The first-order valence-electron chi connectivity index (χ1n) is 10.4. The lowest BCUT2D eigenvalue weighted by atomic mass is 10.0. The number of hydrogen-bond donors (Lipinski definition) is 0. The molecule has 0 aliphatic carbocycles. The molecule has 1 heterocycles. The topological polar surface area (TPSA) is 9.23 Å². The second-order valence-electron chi connectivity index (χ2n) is 7.75. The van der Waals surface area contributed by atoms with Crippen molar-refractivity contribution in [2.45, 2.75) is 122 Å². The smallest absolute Gasteiger partial charge is 0.189 e. The maximum atomic E-state index is 6.23. The van der Waals surface area contributed by atoms with Crippen LogP contribution in [0.5, 0.6) is 0 Å². The zero-order valence-corrected chi connectivity index (χ0v) is 16.6. The van der Waals surface area contributed by atoms with E-state index in [1.165, 1.54) is 108 Å². The van der Waals surface area contributed by atoms with Crippen molar-refractivity contribution < 1.29 is 4.43 Å². The molecular formula is C20H42OSi. The number of rotatable bonds is 15. The quantitative estimate of drug-likeness (QED) is 0.224. The van der Waals surface area contributed by atoms with Crippen LogP contribution in [0.2, 0.25) is 18.6 Å². The highest BCUT2D eigenvalue weighted by Gasteiger charge is 2.32. The van der Waals surface area contributed by atoms with Crippen LogP contribution in [0.1, 0.15) is 103 Å². The lowest BCUT2D eigenvalue weighted by molar-refractivity contribution is 0.293. The summed E-state index contributed by atoms with van der Waals surface area (Å²) in [5.74, 6) is 0. The second kappa shape index (κ2) is 13.6. The van der Waals surface area contributed by atoms with Gasteiger partial charge in [-0.15, -0.1) is 0 Å². The van der Waals surface area contributed by atoms with E-state index in [1.807, 2.05) is 0 Å². The van der Waals surface area contributed by atoms with Gasteiger partial charge in [-0.05, 0) is 25.1 Å². The first-order chi connectivity index (χ1) is 10.8. The zero-order chi connectivity index (χ0) is 15.9. The van der Waals surface area contributed by atoms with E-state index in [9.17, 15) is 0 Å². The molecule has 22 heavy (non-hydrogen) atoms. The van der Waals surface area contributed by atoms with Crippen LogP contribution in [-0.2, 0) is 4.43 Å². The minimum absolute atomic E-state index is 1.06. The summed E-state index contributed by atoms with van der Waals surface area (Å²) < 4.78 is 6.23. The summed E-state index contributed by atoms with van der Waals surface area (Å²) in [6.07, 6.45) is 21.5. The predicted octanol–water partition coefficient (Wildman–Crippen LogP) is 7.46. The highest BCUT2D eigenvalue weighted by molar-refractivity contribution is 6.73. The van der Waals surface area contributed by atoms with Gasteiger partial charge in [-0.3, -0.25) is 0 Å².